The lowest BCUT2D eigenvalue weighted by atomic mass is 9.99. The van der Waals surface area contributed by atoms with Crippen molar-refractivity contribution in [3.05, 3.63) is 60.8 Å². The van der Waals surface area contributed by atoms with Crippen LogP contribution in [0.25, 0.3) is 0 Å². The zero-order chi connectivity index (χ0) is 58.7. The third-order valence-corrected chi connectivity index (χ3v) is 15.8. The van der Waals surface area contributed by atoms with Crippen LogP contribution in [0.1, 0.15) is 309 Å². The molecule has 1 aliphatic heterocycles. The molecule has 1 aliphatic rings. The van der Waals surface area contributed by atoms with Gasteiger partial charge in [-0.2, -0.15) is 0 Å². The highest BCUT2D eigenvalue weighted by Crippen LogP contribution is 2.23. The van der Waals surface area contributed by atoms with E-state index in [1.165, 1.54) is 218 Å². The van der Waals surface area contributed by atoms with E-state index in [2.05, 4.69) is 67.8 Å². The van der Waals surface area contributed by atoms with Crippen molar-refractivity contribution in [3.63, 3.8) is 0 Å². The number of amides is 1. The number of ether oxygens (including phenoxy) is 3. The van der Waals surface area contributed by atoms with Crippen LogP contribution in [-0.2, 0) is 23.8 Å². The first kappa shape index (κ1) is 76.4. The maximum Gasteiger partial charge on any atom is 0.305 e. The van der Waals surface area contributed by atoms with Gasteiger partial charge in [0.05, 0.1) is 32.0 Å². The smallest absolute Gasteiger partial charge is 0.305 e. The van der Waals surface area contributed by atoms with Gasteiger partial charge in [-0.1, -0.05) is 261 Å². The van der Waals surface area contributed by atoms with Crippen LogP contribution in [0, 0.1) is 0 Å². The van der Waals surface area contributed by atoms with Crippen LogP contribution in [0.15, 0.2) is 60.8 Å². The quantitative estimate of drug-likeness (QED) is 0.0195. The molecule has 0 saturated carbocycles. The van der Waals surface area contributed by atoms with Gasteiger partial charge in [-0.15, -0.1) is 0 Å². The van der Waals surface area contributed by atoms with Gasteiger partial charge < -0.3 is 45.1 Å². The molecule has 0 aliphatic carbocycles. The fourth-order valence-corrected chi connectivity index (χ4v) is 10.4. The summed E-state index contributed by atoms with van der Waals surface area (Å²) in [7, 11) is 0. The van der Waals surface area contributed by atoms with Crippen molar-refractivity contribution in [2.45, 2.75) is 352 Å². The number of esters is 1. The molecule has 7 unspecified atom stereocenters. The molecule has 1 rings (SSSR count). The number of unbranched alkanes of at least 4 members (excludes halogenated alkanes) is 37. The summed E-state index contributed by atoms with van der Waals surface area (Å²) < 4.78 is 16.7. The number of rotatable bonds is 59. The molecule has 1 heterocycles. The third-order valence-electron chi connectivity index (χ3n) is 15.8. The monoisotopic (exact) mass is 1140 g/mol. The lowest BCUT2D eigenvalue weighted by molar-refractivity contribution is -0.302. The van der Waals surface area contributed by atoms with Crippen molar-refractivity contribution < 1.29 is 49.3 Å². The highest BCUT2D eigenvalue weighted by Gasteiger charge is 2.44. The lowest BCUT2D eigenvalue weighted by Crippen LogP contribution is -2.60. The van der Waals surface area contributed by atoms with E-state index >= 15 is 0 Å². The Hall–Kier alpha value is -2.64. The second kappa shape index (κ2) is 59.1. The first-order valence-electron chi connectivity index (χ1n) is 34.1. The molecule has 0 bridgehead atoms. The van der Waals surface area contributed by atoms with E-state index in [1.54, 1.807) is 6.08 Å². The lowest BCUT2D eigenvalue weighted by Gasteiger charge is -2.40. The fraction of sp³-hybridized carbons (Fsp3) is 0.829. The minimum absolute atomic E-state index is 0.00851. The van der Waals surface area contributed by atoms with E-state index in [1.807, 2.05) is 6.08 Å². The van der Waals surface area contributed by atoms with Gasteiger partial charge in [-0.25, -0.2) is 0 Å². The van der Waals surface area contributed by atoms with Gasteiger partial charge in [0.2, 0.25) is 5.91 Å². The van der Waals surface area contributed by atoms with Crippen molar-refractivity contribution >= 4 is 11.9 Å². The Morgan fingerprint density at radius 2 is 0.852 bits per heavy atom. The van der Waals surface area contributed by atoms with Crippen LogP contribution in [0.2, 0.25) is 0 Å². The van der Waals surface area contributed by atoms with Gasteiger partial charge in [-0.05, 0) is 96.3 Å². The predicted molar refractivity (Wildman–Crippen MR) is 338 cm³/mol. The molecule has 11 nitrogen and oxygen atoms in total. The second-order valence-electron chi connectivity index (χ2n) is 23.5. The minimum atomic E-state index is -1.58. The summed E-state index contributed by atoms with van der Waals surface area (Å²) in [6, 6.07) is -0.829. The van der Waals surface area contributed by atoms with E-state index in [4.69, 9.17) is 14.2 Å². The molecule has 11 heteroatoms. The second-order valence-corrected chi connectivity index (χ2v) is 23.5. The molecule has 1 fully saturated rings. The predicted octanol–water partition coefficient (Wildman–Crippen LogP) is 17.0. The summed E-state index contributed by atoms with van der Waals surface area (Å²) in [6.07, 6.45) is 67.7. The van der Waals surface area contributed by atoms with Crippen LogP contribution in [0.5, 0.6) is 0 Å². The molecule has 81 heavy (non-hydrogen) atoms. The summed E-state index contributed by atoms with van der Waals surface area (Å²) in [5, 5.41) is 54.4. The summed E-state index contributed by atoms with van der Waals surface area (Å²) in [6.45, 7) is 4.29. The summed E-state index contributed by atoms with van der Waals surface area (Å²) >= 11 is 0. The molecule has 0 aromatic carbocycles. The van der Waals surface area contributed by atoms with Crippen LogP contribution in [0.4, 0.5) is 0 Å². The Bertz CT molecular complexity index is 1530. The van der Waals surface area contributed by atoms with Gasteiger partial charge in [0.25, 0.3) is 0 Å². The molecule has 1 amide bonds. The van der Waals surface area contributed by atoms with Crippen molar-refractivity contribution in [2.75, 3.05) is 19.8 Å². The zero-order valence-corrected chi connectivity index (χ0v) is 52.2. The Morgan fingerprint density at radius 3 is 1.33 bits per heavy atom. The zero-order valence-electron chi connectivity index (χ0n) is 52.2. The fourth-order valence-electron chi connectivity index (χ4n) is 10.4. The number of hydrogen-bond donors (Lipinski definition) is 6. The van der Waals surface area contributed by atoms with E-state index in [0.717, 1.165) is 64.2 Å². The standard InChI is InChI=1S/C70H127NO10/c1-3-5-7-9-11-13-15-33-37-40-44-48-52-56-63(73)62(61-80-70-69(78)68(77)67(76)64(60-72)81-70)71-65(74)57-53-49-45-41-38-34-31-29-27-25-23-21-19-17-16-18-20-22-24-26-28-30-32-35-39-43-47-51-55-59-79-66(75)58-54-50-46-42-36-14-12-10-8-6-4-2/h10,12,16,18,22,24,37,40,52,56,62-64,67-70,72-73,76-78H,3-9,11,13-15,17,19-21,23,25-36,38-39,41-51,53-55,57-61H2,1-2H3,(H,71,74)/b12-10-,18-16-,24-22-,40-37+,56-52+. The molecule has 472 valence electrons. The number of aliphatic hydroxyl groups is 5. The molecule has 7 atom stereocenters. The van der Waals surface area contributed by atoms with E-state index in [9.17, 15) is 35.1 Å². The first-order chi connectivity index (χ1) is 39.7. The average molecular weight is 1140 g/mol. The molecule has 0 aromatic heterocycles. The third kappa shape index (κ3) is 48.3. The molecular weight excluding hydrogens is 1010 g/mol. The summed E-state index contributed by atoms with van der Waals surface area (Å²) in [4.78, 5) is 25.1. The van der Waals surface area contributed by atoms with Crippen molar-refractivity contribution in [2.24, 2.45) is 0 Å². The number of aliphatic hydroxyl groups excluding tert-OH is 5. The highest BCUT2D eigenvalue weighted by atomic mass is 16.7. The van der Waals surface area contributed by atoms with Crippen LogP contribution >= 0.6 is 0 Å². The number of carbonyl (C=O) groups is 2. The van der Waals surface area contributed by atoms with E-state index in [0.29, 0.717) is 19.4 Å². The van der Waals surface area contributed by atoms with Gasteiger partial charge in [0.1, 0.15) is 24.4 Å². The number of hydrogen-bond acceptors (Lipinski definition) is 10. The topological polar surface area (TPSA) is 175 Å². The number of nitrogens with one attached hydrogen (secondary N) is 1. The van der Waals surface area contributed by atoms with Crippen LogP contribution in [0.3, 0.4) is 0 Å². The van der Waals surface area contributed by atoms with Crippen LogP contribution in [-0.4, -0.2) is 100 Å². The minimum Gasteiger partial charge on any atom is -0.466 e. The van der Waals surface area contributed by atoms with E-state index in [-0.39, 0.29) is 18.5 Å². The number of carbonyl (C=O) groups excluding carboxylic acids is 2. The van der Waals surface area contributed by atoms with Crippen molar-refractivity contribution in [1.82, 2.24) is 5.32 Å². The van der Waals surface area contributed by atoms with Gasteiger partial charge >= 0.3 is 5.97 Å². The molecule has 6 N–H and O–H groups in total. The van der Waals surface area contributed by atoms with Gasteiger partial charge in [-0.3, -0.25) is 9.59 Å². The Kier molecular flexibility index (Phi) is 55.7. The summed E-state index contributed by atoms with van der Waals surface area (Å²) in [5.74, 6) is -0.201. The Labute approximate surface area is 497 Å². The van der Waals surface area contributed by atoms with Crippen LogP contribution < -0.4 is 5.32 Å². The SMILES string of the molecule is CCCC/C=C\CCCCCCCC(=O)OCCCCCCCCCCC/C=C\C/C=C\CCCCCCCCCCCCCCCC(=O)NC(COC1OC(CO)C(O)C(O)C1O)C(O)/C=C/CC/C=C/CCCCCCCCC. The van der Waals surface area contributed by atoms with E-state index < -0.39 is 49.5 Å². The maximum atomic E-state index is 13.1. The Morgan fingerprint density at radius 1 is 0.457 bits per heavy atom. The first-order valence-corrected chi connectivity index (χ1v) is 34.1. The normalized spacial score (nSPS) is 18.6. The highest BCUT2D eigenvalue weighted by molar-refractivity contribution is 5.76. The summed E-state index contributed by atoms with van der Waals surface area (Å²) in [5.41, 5.74) is 0. The molecule has 0 aromatic rings. The molecular formula is C70H127NO10. The average Bonchev–Trinajstić information content (AvgIpc) is 3.54. The van der Waals surface area contributed by atoms with Gasteiger partial charge in [0.15, 0.2) is 6.29 Å². The Balaban J connectivity index is 2.02. The number of allylic oxidation sites excluding steroid dienone is 9. The largest absolute Gasteiger partial charge is 0.466 e. The van der Waals surface area contributed by atoms with Crippen molar-refractivity contribution in [3.8, 4) is 0 Å². The molecule has 1 saturated heterocycles. The molecule has 0 spiro atoms. The van der Waals surface area contributed by atoms with Crippen molar-refractivity contribution in [1.29, 1.82) is 0 Å². The maximum absolute atomic E-state index is 13.1. The molecule has 0 radical (unpaired) electrons. The van der Waals surface area contributed by atoms with Gasteiger partial charge in [0, 0.05) is 12.8 Å².